The van der Waals surface area contributed by atoms with E-state index in [0.29, 0.717) is 24.5 Å². The zero-order valence-electron chi connectivity index (χ0n) is 12.8. The predicted molar refractivity (Wildman–Crippen MR) is 86.5 cm³/mol. The highest BCUT2D eigenvalue weighted by molar-refractivity contribution is 5.95. The Morgan fingerprint density at radius 3 is 2.74 bits per heavy atom. The third-order valence-corrected chi connectivity index (χ3v) is 3.51. The Kier molecular flexibility index (Phi) is 4.42. The maximum atomic E-state index is 12.3. The lowest BCUT2D eigenvalue weighted by molar-refractivity contribution is 0.0951. The van der Waals surface area contributed by atoms with Crippen molar-refractivity contribution in [3.8, 4) is 11.4 Å². The maximum absolute atomic E-state index is 12.3. The smallest absolute Gasteiger partial charge is 0.251 e. The van der Waals surface area contributed by atoms with Crippen LogP contribution in [0.4, 0.5) is 0 Å². The summed E-state index contributed by atoms with van der Waals surface area (Å²) in [5.74, 6) is 0.538. The molecule has 1 heterocycles. The second-order valence-corrected chi connectivity index (χ2v) is 5.07. The molecule has 0 aliphatic rings. The Hall–Kier alpha value is -3.02. The monoisotopic (exact) mass is 307 g/mol. The second kappa shape index (κ2) is 6.83. The van der Waals surface area contributed by atoms with E-state index >= 15 is 0 Å². The minimum atomic E-state index is -0.119. The van der Waals surface area contributed by atoms with E-state index in [1.807, 2.05) is 49.4 Å². The number of hydrogen-bond acceptors (Lipinski definition) is 4. The van der Waals surface area contributed by atoms with Gasteiger partial charge in [0.15, 0.2) is 5.82 Å². The van der Waals surface area contributed by atoms with Crippen LogP contribution in [0.25, 0.3) is 11.4 Å². The number of aryl methyl sites for hydroxylation is 1. The van der Waals surface area contributed by atoms with E-state index in [2.05, 4.69) is 20.8 Å². The quantitative estimate of drug-likeness (QED) is 0.785. The molecule has 2 aromatic carbocycles. The van der Waals surface area contributed by atoms with Crippen molar-refractivity contribution in [2.24, 2.45) is 0 Å². The number of carbonyl (C=O) groups excluding carboxylic acids is 1. The van der Waals surface area contributed by atoms with Crippen LogP contribution in [0, 0.1) is 0 Å². The summed E-state index contributed by atoms with van der Waals surface area (Å²) in [7, 11) is 0. The second-order valence-electron chi connectivity index (χ2n) is 5.07. The molecule has 1 aromatic heterocycles. The first kappa shape index (κ1) is 14.9. The van der Waals surface area contributed by atoms with Crippen LogP contribution in [0.15, 0.2) is 54.6 Å². The van der Waals surface area contributed by atoms with E-state index in [9.17, 15) is 4.79 Å². The lowest BCUT2D eigenvalue weighted by Gasteiger charge is -2.07. The van der Waals surface area contributed by atoms with Crippen LogP contribution in [0.3, 0.4) is 0 Å². The summed E-state index contributed by atoms with van der Waals surface area (Å²) in [6, 6.07) is 17.1. The van der Waals surface area contributed by atoms with E-state index in [1.54, 1.807) is 16.8 Å². The molecule has 1 amide bonds. The summed E-state index contributed by atoms with van der Waals surface area (Å²) < 4.78 is 1.70. The van der Waals surface area contributed by atoms with Gasteiger partial charge in [-0.05, 0) is 35.0 Å². The van der Waals surface area contributed by atoms with Crippen molar-refractivity contribution in [2.75, 3.05) is 0 Å². The van der Waals surface area contributed by atoms with Gasteiger partial charge in [-0.15, -0.1) is 5.10 Å². The minimum absolute atomic E-state index is 0.119. The molecule has 0 spiro atoms. The van der Waals surface area contributed by atoms with Crippen molar-refractivity contribution in [1.82, 2.24) is 25.5 Å². The number of rotatable bonds is 5. The van der Waals surface area contributed by atoms with E-state index in [-0.39, 0.29) is 5.91 Å². The van der Waals surface area contributed by atoms with Crippen LogP contribution < -0.4 is 5.32 Å². The van der Waals surface area contributed by atoms with E-state index in [1.165, 1.54) is 0 Å². The van der Waals surface area contributed by atoms with Crippen molar-refractivity contribution in [3.63, 3.8) is 0 Å². The standard InChI is InChI=1S/C17H17N5O/c1-2-22-16(19-20-21-22)14-9-6-10-15(11-14)17(23)18-12-13-7-4-3-5-8-13/h3-11H,2,12H2,1H3,(H,18,23). The zero-order chi connectivity index (χ0) is 16.1. The molecule has 0 fully saturated rings. The van der Waals surface area contributed by atoms with Gasteiger partial charge < -0.3 is 5.32 Å². The molecule has 3 aromatic rings. The van der Waals surface area contributed by atoms with Crippen LogP contribution in [-0.2, 0) is 13.1 Å². The number of nitrogens with one attached hydrogen (secondary N) is 1. The van der Waals surface area contributed by atoms with E-state index in [0.717, 1.165) is 11.1 Å². The molecule has 6 nitrogen and oxygen atoms in total. The summed E-state index contributed by atoms with van der Waals surface area (Å²) >= 11 is 0. The molecule has 0 saturated heterocycles. The summed E-state index contributed by atoms with van der Waals surface area (Å²) in [6.07, 6.45) is 0. The third kappa shape index (κ3) is 3.42. The fraction of sp³-hybridized carbons (Fsp3) is 0.176. The van der Waals surface area contributed by atoms with Gasteiger partial charge in [-0.3, -0.25) is 4.79 Å². The number of hydrogen-bond donors (Lipinski definition) is 1. The van der Waals surface area contributed by atoms with Crippen molar-refractivity contribution >= 4 is 5.91 Å². The van der Waals surface area contributed by atoms with Crippen molar-refractivity contribution in [1.29, 1.82) is 0 Å². The normalized spacial score (nSPS) is 10.5. The molecule has 0 aliphatic heterocycles. The van der Waals surface area contributed by atoms with E-state index in [4.69, 9.17) is 0 Å². The van der Waals surface area contributed by atoms with Gasteiger partial charge in [-0.1, -0.05) is 42.5 Å². The molecule has 0 unspecified atom stereocenters. The molecule has 116 valence electrons. The Balaban J connectivity index is 1.75. The number of amides is 1. The first-order valence-electron chi connectivity index (χ1n) is 7.46. The number of nitrogens with zero attached hydrogens (tertiary/aromatic N) is 4. The number of tetrazole rings is 1. The fourth-order valence-electron chi connectivity index (χ4n) is 2.30. The fourth-order valence-corrected chi connectivity index (χ4v) is 2.30. The summed E-state index contributed by atoms with van der Waals surface area (Å²) in [5.41, 5.74) is 2.47. The molecule has 3 rings (SSSR count). The average molecular weight is 307 g/mol. The van der Waals surface area contributed by atoms with Gasteiger partial charge in [0, 0.05) is 24.2 Å². The van der Waals surface area contributed by atoms with Crippen LogP contribution >= 0.6 is 0 Å². The topological polar surface area (TPSA) is 72.7 Å². The Labute approximate surface area is 134 Å². The molecule has 0 radical (unpaired) electrons. The van der Waals surface area contributed by atoms with E-state index < -0.39 is 0 Å². The van der Waals surface area contributed by atoms with Gasteiger partial charge in [0.1, 0.15) is 0 Å². The highest BCUT2D eigenvalue weighted by Crippen LogP contribution is 2.17. The highest BCUT2D eigenvalue weighted by atomic mass is 16.1. The van der Waals surface area contributed by atoms with Crippen molar-refractivity contribution in [2.45, 2.75) is 20.0 Å². The first-order chi connectivity index (χ1) is 11.3. The van der Waals surface area contributed by atoms with Gasteiger partial charge in [0.25, 0.3) is 5.91 Å². The molecule has 0 aliphatic carbocycles. The molecule has 0 bridgehead atoms. The van der Waals surface area contributed by atoms with Crippen LogP contribution in [0.1, 0.15) is 22.8 Å². The molecule has 0 saturated carbocycles. The molecule has 6 heteroatoms. The van der Waals surface area contributed by atoms with Crippen LogP contribution in [0.2, 0.25) is 0 Å². The van der Waals surface area contributed by atoms with Gasteiger partial charge >= 0.3 is 0 Å². The van der Waals surface area contributed by atoms with Gasteiger partial charge in [-0.25, -0.2) is 4.68 Å². The predicted octanol–water partition coefficient (Wildman–Crippen LogP) is 2.29. The lowest BCUT2D eigenvalue weighted by atomic mass is 10.1. The molecule has 0 atom stereocenters. The number of benzene rings is 2. The van der Waals surface area contributed by atoms with Crippen molar-refractivity contribution in [3.05, 3.63) is 65.7 Å². The van der Waals surface area contributed by atoms with Gasteiger partial charge in [0.05, 0.1) is 0 Å². The van der Waals surface area contributed by atoms with Crippen LogP contribution in [-0.4, -0.2) is 26.1 Å². The maximum Gasteiger partial charge on any atom is 0.251 e. The lowest BCUT2D eigenvalue weighted by Crippen LogP contribution is -2.22. The number of aromatic nitrogens is 4. The van der Waals surface area contributed by atoms with Crippen LogP contribution in [0.5, 0.6) is 0 Å². The Bertz CT molecular complexity index is 798. The minimum Gasteiger partial charge on any atom is -0.348 e. The van der Waals surface area contributed by atoms with Gasteiger partial charge in [-0.2, -0.15) is 0 Å². The summed E-state index contributed by atoms with van der Waals surface area (Å²) in [5, 5.41) is 14.5. The highest BCUT2D eigenvalue weighted by Gasteiger charge is 2.11. The average Bonchev–Trinajstić information content (AvgIpc) is 3.09. The van der Waals surface area contributed by atoms with Crippen molar-refractivity contribution < 1.29 is 4.79 Å². The largest absolute Gasteiger partial charge is 0.348 e. The molecule has 23 heavy (non-hydrogen) atoms. The third-order valence-electron chi connectivity index (χ3n) is 3.51. The summed E-state index contributed by atoms with van der Waals surface area (Å²) in [6.45, 7) is 3.14. The van der Waals surface area contributed by atoms with Gasteiger partial charge in [0.2, 0.25) is 0 Å². The Morgan fingerprint density at radius 2 is 1.96 bits per heavy atom. The number of carbonyl (C=O) groups is 1. The molecule has 1 N–H and O–H groups in total. The molecular weight excluding hydrogens is 290 g/mol. The zero-order valence-corrected chi connectivity index (χ0v) is 12.8. The SMILES string of the molecule is CCn1nnnc1-c1cccc(C(=O)NCc2ccccc2)c1. The Morgan fingerprint density at radius 1 is 1.13 bits per heavy atom. The first-order valence-corrected chi connectivity index (χ1v) is 7.46. The summed E-state index contributed by atoms with van der Waals surface area (Å²) in [4.78, 5) is 12.3. The molecular formula is C17H17N5O.